The molecule has 2 aliphatic heterocycles. The normalized spacial score (nSPS) is 17.2. The van der Waals surface area contributed by atoms with Crippen LogP contribution in [0.25, 0.3) is 0 Å². The number of nitrogens with zero attached hydrogens (tertiary/aromatic N) is 2. The van der Waals surface area contributed by atoms with Crippen LogP contribution in [0.3, 0.4) is 0 Å². The number of aliphatic imine (C=N–C) groups is 1. The number of hydrogen-bond acceptors (Lipinski definition) is 4. The lowest BCUT2D eigenvalue weighted by molar-refractivity contribution is 0.176. The van der Waals surface area contributed by atoms with Gasteiger partial charge < -0.3 is 20.1 Å². The number of ether oxygens (including phenoxy) is 2. The lowest BCUT2D eigenvalue weighted by Crippen LogP contribution is -2.40. The first-order valence-corrected chi connectivity index (χ1v) is 11.0. The number of anilines is 1. The SMILES string of the molecule is CN=C(NCC1CCN(Cc2ccccc2F)CC1)Nc1ccc2c(c1)OCCCO2.I. The van der Waals surface area contributed by atoms with Crippen molar-refractivity contribution in [3.63, 3.8) is 0 Å². The van der Waals surface area contributed by atoms with Gasteiger partial charge in [0.25, 0.3) is 0 Å². The second kappa shape index (κ2) is 12.2. The number of rotatable bonds is 5. The van der Waals surface area contributed by atoms with Crippen molar-refractivity contribution < 1.29 is 13.9 Å². The Balaban J connectivity index is 0.00000289. The van der Waals surface area contributed by atoms with E-state index in [2.05, 4.69) is 20.5 Å². The molecule has 0 amide bonds. The first kappa shape index (κ1) is 24.6. The number of nitrogens with one attached hydrogen (secondary N) is 2. The quantitative estimate of drug-likeness (QED) is 0.324. The molecule has 0 unspecified atom stereocenters. The van der Waals surface area contributed by atoms with Crippen LogP contribution >= 0.6 is 24.0 Å². The van der Waals surface area contributed by atoms with E-state index in [9.17, 15) is 4.39 Å². The third kappa shape index (κ3) is 6.71. The molecule has 0 radical (unpaired) electrons. The monoisotopic (exact) mass is 554 g/mol. The molecule has 0 aromatic heterocycles. The Morgan fingerprint density at radius 2 is 1.84 bits per heavy atom. The summed E-state index contributed by atoms with van der Waals surface area (Å²) >= 11 is 0. The molecule has 0 saturated carbocycles. The van der Waals surface area contributed by atoms with Crippen LogP contribution in [0, 0.1) is 11.7 Å². The van der Waals surface area contributed by atoms with Crippen molar-refractivity contribution in [2.24, 2.45) is 10.9 Å². The number of guanidine groups is 1. The summed E-state index contributed by atoms with van der Waals surface area (Å²) in [5.41, 5.74) is 1.69. The van der Waals surface area contributed by atoms with Crippen LogP contribution in [0.4, 0.5) is 10.1 Å². The summed E-state index contributed by atoms with van der Waals surface area (Å²) in [5.74, 6) is 2.74. The zero-order valence-electron chi connectivity index (χ0n) is 18.5. The van der Waals surface area contributed by atoms with E-state index in [1.165, 1.54) is 6.07 Å². The maximum absolute atomic E-state index is 13.9. The summed E-state index contributed by atoms with van der Waals surface area (Å²) in [4.78, 5) is 6.68. The van der Waals surface area contributed by atoms with Crippen molar-refractivity contribution in [1.82, 2.24) is 10.2 Å². The van der Waals surface area contributed by atoms with E-state index in [1.807, 2.05) is 30.3 Å². The number of hydrogen-bond donors (Lipinski definition) is 2. The van der Waals surface area contributed by atoms with Crippen molar-refractivity contribution in [2.45, 2.75) is 25.8 Å². The molecular formula is C24H32FIN4O2. The highest BCUT2D eigenvalue weighted by Crippen LogP contribution is 2.32. The first-order chi connectivity index (χ1) is 15.2. The van der Waals surface area contributed by atoms with Crippen LogP contribution in [-0.2, 0) is 6.54 Å². The van der Waals surface area contributed by atoms with Gasteiger partial charge >= 0.3 is 0 Å². The van der Waals surface area contributed by atoms with Crippen LogP contribution in [0.5, 0.6) is 11.5 Å². The number of benzene rings is 2. The largest absolute Gasteiger partial charge is 0.490 e. The number of halogens is 2. The number of piperidine rings is 1. The van der Waals surface area contributed by atoms with Gasteiger partial charge in [0.15, 0.2) is 17.5 Å². The molecule has 8 heteroatoms. The highest BCUT2D eigenvalue weighted by atomic mass is 127. The molecule has 2 aliphatic rings. The van der Waals surface area contributed by atoms with Gasteiger partial charge in [-0.15, -0.1) is 24.0 Å². The van der Waals surface area contributed by atoms with Crippen LogP contribution in [0.1, 0.15) is 24.8 Å². The second-order valence-corrected chi connectivity index (χ2v) is 8.10. The molecule has 6 nitrogen and oxygen atoms in total. The second-order valence-electron chi connectivity index (χ2n) is 8.10. The van der Waals surface area contributed by atoms with Gasteiger partial charge in [-0.3, -0.25) is 9.89 Å². The maximum atomic E-state index is 13.9. The van der Waals surface area contributed by atoms with Crippen LogP contribution in [-0.4, -0.2) is 50.8 Å². The van der Waals surface area contributed by atoms with Gasteiger partial charge in [0, 0.05) is 43.9 Å². The van der Waals surface area contributed by atoms with Gasteiger partial charge in [0.2, 0.25) is 0 Å². The van der Waals surface area contributed by atoms with Crippen molar-refractivity contribution in [1.29, 1.82) is 0 Å². The standard InChI is InChI=1S/C24H31FN4O2.HI/c1-26-24(28-20-7-8-22-23(15-20)31-14-4-13-30-22)27-16-18-9-11-29(12-10-18)17-19-5-2-3-6-21(19)25;/h2-3,5-8,15,18H,4,9-14,16-17H2,1H3,(H2,26,27,28);1H. The molecule has 32 heavy (non-hydrogen) atoms. The maximum Gasteiger partial charge on any atom is 0.195 e. The Kier molecular flexibility index (Phi) is 9.40. The first-order valence-electron chi connectivity index (χ1n) is 11.0. The Bertz CT molecular complexity index is 903. The molecule has 4 rings (SSSR count). The van der Waals surface area contributed by atoms with Crippen molar-refractivity contribution in [2.75, 3.05) is 45.2 Å². The van der Waals surface area contributed by atoms with Gasteiger partial charge in [-0.25, -0.2) is 4.39 Å². The van der Waals surface area contributed by atoms with Crippen molar-refractivity contribution >= 4 is 35.6 Å². The molecule has 2 aromatic rings. The van der Waals surface area contributed by atoms with Gasteiger partial charge in [0.05, 0.1) is 13.2 Å². The summed E-state index contributed by atoms with van der Waals surface area (Å²) in [6, 6.07) is 12.9. The lowest BCUT2D eigenvalue weighted by Gasteiger charge is -2.32. The van der Waals surface area contributed by atoms with Crippen molar-refractivity contribution in [3.05, 3.63) is 53.8 Å². The Morgan fingerprint density at radius 3 is 2.59 bits per heavy atom. The van der Waals surface area contributed by atoms with Crippen LogP contribution in [0.15, 0.2) is 47.5 Å². The van der Waals surface area contributed by atoms with Gasteiger partial charge in [-0.1, -0.05) is 18.2 Å². The average Bonchev–Trinajstić information content (AvgIpc) is 3.04. The van der Waals surface area contributed by atoms with E-state index >= 15 is 0 Å². The minimum absolute atomic E-state index is 0. The zero-order valence-corrected chi connectivity index (χ0v) is 20.8. The van der Waals surface area contributed by atoms with E-state index in [-0.39, 0.29) is 29.8 Å². The Morgan fingerprint density at radius 1 is 1.09 bits per heavy atom. The van der Waals surface area contributed by atoms with Gasteiger partial charge in [-0.05, 0) is 50.0 Å². The lowest BCUT2D eigenvalue weighted by atomic mass is 9.96. The third-order valence-corrected chi connectivity index (χ3v) is 5.85. The van der Waals surface area contributed by atoms with E-state index in [4.69, 9.17) is 9.47 Å². The molecule has 0 spiro atoms. The van der Waals surface area contributed by atoms with E-state index < -0.39 is 0 Å². The van der Waals surface area contributed by atoms with Gasteiger partial charge in [-0.2, -0.15) is 0 Å². The number of likely N-dealkylation sites (tertiary alicyclic amines) is 1. The van der Waals surface area contributed by atoms with E-state index in [0.717, 1.165) is 67.6 Å². The summed E-state index contributed by atoms with van der Waals surface area (Å²) < 4.78 is 25.3. The van der Waals surface area contributed by atoms with Crippen LogP contribution < -0.4 is 20.1 Å². The minimum atomic E-state index is -0.115. The highest BCUT2D eigenvalue weighted by Gasteiger charge is 2.20. The fourth-order valence-electron chi connectivity index (χ4n) is 4.01. The topological polar surface area (TPSA) is 58.1 Å². The molecule has 0 aliphatic carbocycles. The molecule has 2 N–H and O–H groups in total. The predicted octanol–water partition coefficient (Wildman–Crippen LogP) is 4.50. The molecule has 174 valence electrons. The van der Waals surface area contributed by atoms with Gasteiger partial charge in [0.1, 0.15) is 5.82 Å². The molecule has 1 saturated heterocycles. The highest BCUT2D eigenvalue weighted by molar-refractivity contribution is 14.0. The van der Waals surface area contributed by atoms with E-state index in [1.54, 1.807) is 13.1 Å². The number of fused-ring (bicyclic) bond motifs is 1. The minimum Gasteiger partial charge on any atom is -0.490 e. The Hall–Kier alpha value is -2.07. The van der Waals surface area contributed by atoms with Crippen molar-refractivity contribution in [3.8, 4) is 11.5 Å². The Labute approximate surface area is 206 Å². The zero-order chi connectivity index (χ0) is 21.5. The van der Waals surface area contributed by atoms with E-state index in [0.29, 0.717) is 25.7 Å². The molecular weight excluding hydrogens is 522 g/mol. The summed E-state index contributed by atoms with van der Waals surface area (Å²) in [7, 11) is 1.77. The summed E-state index contributed by atoms with van der Waals surface area (Å²) in [6.07, 6.45) is 3.06. The third-order valence-electron chi connectivity index (χ3n) is 5.85. The smallest absolute Gasteiger partial charge is 0.195 e. The molecule has 1 fully saturated rings. The fourth-order valence-corrected chi connectivity index (χ4v) is 4.01. The van der Waals surface area contributed by atoms with Crippen LogP contribution in [0.2, 0.25) is 0 Å². The average molecular weight is 554 g/mol. The molecule has 2 aromatic carbocycles. The molecule has 0 atom stereocenters. The molecule has 2 heterocycles. The molecule has 0 bridgehead atoms. The summed E-state index contributed by atoms with van der Waals surface area (Å²) in [6.45, 7) is 4.85. The summed E-state index contributed by atoms with van der Waals surface area (Å²) in [5, 5.41) is 6.78. The predicted molar refractivity (Wildman–Crippen MR) is 137 cm³/mol. The fraction of sp³-hybridized carbons (Fsp3) is 0.458.